The maximum Gasteiger partial charge on any atom is 0.158 e. The topological polar surface area (TPSA) is 74.2 Å². The number of rotatable bonds is 7. The van der Waals surface area contributed by atoms with Gasteiger partial charge in [-0.25, -0.2) is 0 Å². The lowest BCUT2D eigenvalue weighted by Crippen LogP contribution is -2.53. The van der Waals surface area contributed by atoms with E-state index in [2.05, 4.69) is 10.1 Å². The molecule has 2 aliphatic heterocycles. The molecule has 6 nitrogen and oxygen atoms in total. The van der Waals surface area contributed by atoms with E-state index in [1.165, 1.54) is 0 Å². The Kier molecular flexibility index (Phi) is 5.97. The smallest absolute Gasteiger partial charge is 0.158 e. The van der Waals surface area contributed by atoms with Crippen LogP contribution in [-0.4, -0.2) is 35.8 Å². The summed E-state index contributed by atoms with van der Waals surface area (Å²) in [5.74, 6) is -0.636. The highest BCUT2D eigenvalue weighted by molar-refractivity contribution is 6.32. The molecule has 0 aliphatic carbocycles. The molecular formula is C23H24ClN2O4-. The van der Waals surface area contributed by atoms with Crippen LogP contribution in [0, 0.1) is 5.92 Å². The molecule has 0 saturated carbocycles. The van der Waals surface area contributed by atoms with Gasteiger partial charge in [0.2, 0.25) is 0 Å². The van der Waals surface area contributed by atoms with Crippen LogP contribution < -0.4 is 9.84 Å². The zero-order valence-electron chi connectivity index (χ0n) is 17.0. The fourth-order valence-corrected chi connectivity index (χ4v) is 3.94. The summed E-state index contributed by atoms with van der Waals surface area (Å²) in [4.78, 5) is 18.6. The average Bonchev–Trinajstić information content (AvgIpc) is 3.16. The number of hydrogen-bond donors (Lipinski definition) is 0. The van der Waals surface area contributed by atoms with E-state index < -0.39 is 5.97 Å². The second-order valence-electron chi connectivity index (χ2n) is 8.10. The van der Waals surface area contributed by atoms with E-state index >= 15 is 0 Å². The molecule has 0 bridgehead atoms. The van der Waals surface area contributed by atoms with Crippen molar-refractivity contribution in [3.05, 3.63) is 64.2 Å². The van der Waals surface area contributed by atoms with Gasteiger partial charge in [0.05, 0.1) is 16.8 Å². The Morgan fingerprint density at radius 2 is 2.00 bits per heavy atom. The van der Waals surface area contributed by atoms with Crippen molar-refractivity contribution in [3.63, 3.8) is 0 Å². The lowest BCUT2D eigenvalue weighted by molar-refractivity contribution is -0.315. The normalized spacial score (nSPS) is 19.3. The van der Waals surface area contributed by atoms with Gasteiger partial charge in [0, 0.05) is 37.9 Å². The minimum absolute atomic E-state index is 0.0608. The quantitative estimate of drug-likeness (QED) is 0.678. The van der Waals surface area contributed by atoms with Crippen molar-refractivity contribution in [2.75, 3.05) is 13.1 Å². The van der Waals surface area contributed by atoms with Crippen LogP contribution in [0.2, 0.25) is 5.02 Å². The van der Waals surface area contributed by atoms with Crippen LogP contribution in [0.3, 0.4) is 0 Å². The van der Waals surface area contributed by atoms with Crippen molar-refractivity contribution in [1.82, 2.24) is 4.90 Å². The summed E-state index contributed by atoms with van der Waals surface area (Å²) in [6.45, 7) is 5.76. The summed E-state index contributed by atoms with van der Waals surface area (Å²) >= 11 is 6.35. The first kappa shape index (κ1) is 20.7. The third-order valence-corrected chi connectivity index (χ3v) is 5.64. The summed E-state index contributed by atoms with van der Waals surface area (Å²) in [5.41, 5.74) is 4.01. The highest BCUT2D eigenvalue weighted by Crippen LogP contribution is 2.34. The third kappa shape index (κ3) is 4.60. The monoisotopic (exact) mass is 427 g/mol. The molecule has 1 atom stereocenters. The van der Waals surface area contributed by atoms with E-state index in [9.17, 15) is 9.90 Å². The van der Waals surface area contributed by atoms with E-state index in [-0.39, 0.29) is 18.1 Å². The number of carbonyl (C=O) groups is 1. The summed E-state index contributed by atoms with van der Waals surface area (Å²) in [6.07, 6.45) is 0.554. The lowest BCUT2D eigenvalue weighted by Gasteiger charge is -2.39. The van der Waals surface area contributed by atoms with Gasteiger partial charge in [0.15, 0.2) is 6.10 Å². The number of benzene rings is 2. The number of nitrogens with zero attached hydrogens (tertiary/aromatic N) is 2. The lowest BCUT2D eigenvalue weighted by atomic mass is 9.98. The third-order valence-electron chi connectivity index (χ3n) is 5.34. The molecular weight excluding hydrogens is 404 g/mol. The molecule has 0 spiro atoms. The minimum atomic E-state index is -0.959. The fourth-order valence-electron chi connectivity index (χ4n) is 3.70. The second-order valence-corrected chi connectivity index (χ2v) is 8.51. The first-order valence-electron chi connectivity index (χ1n) is 10.1. The van der Waals surface area contributed by atoms with Gasteiger partial charge >= 0.3 is 0 Å². The largest absolute Gasteiger partial charge is 0.550 e. The highest BCUT2D eigenvalue weighted by atomic mass is 35.5. The van der Waals surface area contributed by atoms with Crippen molar-refractivity contribution in [1.29, 1.82) is 0 Å². The molecule has 30 heavy (non-hydrogen) atoms. The molecule has 0 amide bonds. The number of aliphatic carboxylic acids is 1. The van der Waals surface area contributed by atoms with Gasteiger partial charge in [-0.3, -0.25) is 4.90 Å². The van der Waals surface area contributed by atoms with Gasteiger partial charge in [-0.05, 0) is 42.7 Å². The Labute approximate surface area is 181 Å². The van der Waals surface area contributed by atoms with Crippen molar-refractivity contribution < 1.29 is 19.5 Å². The molecule has 158 valence electrons. The summed E-state index contributed by atoms with van der Waals surface area (Å²) in [6, 6.07) is 13.9. The molecule has 0 aromatic heterocycles. The Bertz CT molecular complexity index is 952. The SMILES string of the molecule is CC(C)Oc1ccc(C2CC(c3ccc(CN4CC(C(=O)[O-])C4)cc3)=NO2)cc1Cl. The molecule has 1 unspecified atom stereocenters. The molecule has 0 N–H and O–H groups in total. The van der Waals surface area contributed by atoms with Crippen LogP contribution in [0.15, 0.2) is 47.6 Å². The first-order valence-corrected chi connectivity index (χ1v) is 10.5. The molecule has 4 rings (SSSR count). The van der Waals surface area contributed by atoms with Gasteiger partial charge in [-0.2, -0.15) is 0 Å². The molecule has 2 aliphatic rings. The van der Waals surface area contributed by atoms with E-state index in [4.69, 9.17) is 21.2 Å². The molecule has 2 heterocycles. The van der Waals surface area contributed by atoms with Crippen LogP contribution in [0.4, 0.5) is 0 Å². The summed E-state index contributed by atoms with van der Waals surface area (Å²) < 4.78 is 5.68. The molecule has 2 aromatic rings. The first-order chi connectivity index (χ1) is 14.4. The predicted molar refractivity (Wildman–Crippen MR) is 112 cm³/mol. The average molecular weight is 428 g/mol. The Morgan fingerprint density at radius 3 is 2.63 bits per heavy atom. The summed E-state index contributed by atoms with van der Waals surface area (Å²) in [7, 11) is 0. The van der Waals surface area contributed by atoms with Gasteiger partial charge in [0.1, 0.15) is 5.75 Å². The predicted octanol–water partition coefficient (Wildman–Crippen LogP) is 3.17. The Morgan fingerprint density at radius 1 is 1.27 bits per heavy atom. The number of oxime groups is 1. The van der Waals surface area contributed by atoms with Crippen LogP contribution in [0.25, 0.3) is 0 Å². The number of carboxylic acids is 1. The summed E-state index contributed by atoms with van der Waals surface area (Å²) in [5, 5.41) is 15.6. The van der Waals surface area contributed by atoms with Crippen molar-refractivity contribution in [3.8, 4) is 5.75 Å². The number of carbonyl (C=O) groups excluding carboxylic acids is 1. The highest BCUT2D eigenvalue weighted by Gasteiger charge is 2.28. The fraction of sp³-hybridized carbons (Fsp3) is 0.391. The van der Waals surface area contributed by atoms with Crippen LogP contribution in [-0.2, 0) is 16.2 Å². The molecule has 0 radical (unpaired) electrons. The maximum atomic E-state index is 10.8. The van der Waals surface area contributed by atoms with Gasteiger partial charge in [-0.15, -0.1) is 0 Å². The van der Waals surface area contributed by atoms with E-state index in [1.54, 1.807) is 0 Å². The molecule has 1 saturated heterocycles. The maximum absolute atomic E-state index is 10.8. The zero-order chi connectivity index (χ0) is 21.3. The number of ether oxygens (including phenoxy) is 1. The van der Waals surface area contributed by atoms with Gasteiger partial charge in [-0.1, -0.05) is 47.1 Å². The molecule has 1 fully saturated rings. The van der Waals surface area contributed by atoms with Crippen LogP contribution in [0.1, 0.15) is 43.1 Å². The standard InChI is InChI=1S/C23H25ClN2O4/c1-14(2)29-21-8-7-17(9-19(21)24)22-10-20(25-30-22)16-5-3-15(4-6-16)11-26-12-18(13-26)23(27)28/h3-9,14,18,22H,10-13H2,1-2H3,(H,27,28)/p-1. The minimum Gasteiger partial charge on any atom is -0.550 e. The number of hydrogen-bond acceptors (Lipinski definition) is 6. The van der Waals surface area contributed by atoms with Crippen molar-refractivity contribution in [2.24, 2.45) is 11.1 Å². The second kappa shape index (κ2) is 8.66. The van der Waals surface area contributed by atoms with Crippen molar-refractivity contribution >= 4 is 23.3 Å². The van der Waals surface area contributed by atoms with E-state index in [0.717, 1.165) is 28.9 Å². The Balaban J connectivity index is 1.34. The molecule has 7 heteroatoms. The van der Waals surface area contributed by atoms with Crippen molar-refractivity contribution in [2.45, 2.75) is 39.0 Å². The number of carboxylic acid groups (broad SMARTS) is 1. The van der Waals surface area contributed by atoms with Gasteiger partial charge < -0.3 is 19.5 Å². The zero-order valence-corrected chi connectivity index (χ0v) is 17.8. The number of halogens is 1. The van der Waals surface area contributed by atoms with Crippen LogP contribution >= 0.6 is 11.6 Å². The van der Waals surface area contributed by atoms with E-state index in [0.29, 0.717) is 30.3 Å². The van der Waals surface area contributed by atoms with E-state index in [1.807, 2.05) is 56.3 Å². The molecule has 2 aromatic carbocycles. The Hall–Kier alpha value is -2.57. The number of likely N-dealkylation sites (tertiary alicyclic amines) is 1. The van der Waals surface area contributed by atoms with Gasteiger partial charge in [0.25, 0.3) is 0 Å². The van der Waals surface area contributed by atoms with Crippen LogP contribution in [0.5, 0.6) is 5.75 Å².